The molecule has 5 rings (SSSR count). The fourth-order valence-electron chi connectivity index (χ4n) is 4.99. The summed E-state index contributed by atoms with van der Waals surface area (Å²) in [6.45, 7) is 2.35. The summed E-state index contributed by atoms with van der Waals surface area (Å²) in [4.78, 5) is 2.72. The van der Waals surface area contributed by atoms with Crippen LogP contribution < -0.4 is 0 Å². The highest BCUT2D eigenvalue weighted by atomic mass is 19.1. The molecule has 2 aliphatic rings. The van der Waals surface area contributed by atoms with Gasteiger partial charge in [-0.25, -0.2) is 4.39 Å². The van der Waals surface area contributed by atoms with Crippen molar-refractivity contribution in [2.24, 2.45) is 0 Å². The third kappa shape index (κ3) is 3.86. The van der Waals surface area contributed by atoms with Crippen LogP contribution in [0.5, 0.6) is 0 Å². The van der Waals surface area contributed by atoms with E-state index in [1.807, 2.05) is 6.07 Å². The zero-order chi connectivity index (χ0) is 19.7. The van der Waals surface area contributed by atoms with Gasteiger partial charge in [-0.05, 0) is 66.6 Å². The molecule has 1 saturated heterocycles. The Bertz CT molecular complexity index is 959. The Morgan fingerprint density at radius 1 is 0.828 bits per heavy atom. The van der Waals surface area contributed by atoms with E-state index >= 15 is 0 Å². The lowest BCUT2D eigenvalue weighted by molar-refractivity contribution is 0.135. The fourth-order valence-corrected chi connectivity index (χ4v) is 4.99. The summed E-state index contributed by atoms with van der Waals surface area (Å²) in [6.07, 6.45) is 6.43. The molecule has 3 aromatic rings. The van der Waals surface area contributed by atoms with Crippen molar-refractivity contribution in [1.82, 2.24) is 4.90 Å². The second kappa shape index (κ2) is 7.76. The van der Waals surface area contributed by atoms with Crippen LogP contribution in [0.1, 0.15) is 49.3 Å². The summed E-state index contributed by atoms with van der Waals surface area (Å²) in [5.74, 6) is -0.180. The Balaban J connectivity index is 1.36. The molecule has 3 aromatic carbocycles. The normalized spacial score (nSPS) is 21.1. The first-order chi connectivity index (χ1) is 14.2. The van der Waals surface area contributed by atoms with E-state index in [1.165, 1.54) is 55.8 Å². The average Bonchev–Trinajstić information content (AvgIpc) is 3.56. The maximum Gasteiger partial charge on any atom is 0.123 e. The summed E-state index contributed by atoms with van der Waals surface area (Å²) in [7, 11) is 0. The molecule has 0 radical (unpaired) electrons. The highest BCUT2D eigenvalue weighted by Crippen LogP contribution is 2.50. The molecule has 1 heterocycles. The summed E-state index contributed by atoms with van der Waals surface area (Å²) in [5, 5.41) is 0. The molecule has 1 aliphatic heterocycles. The van der Waals surface area contributed by atoms with Crippen LogP contribution in [-0.4, -0.2) is 18.0 Å². The van der Waals surface area contributed by atoms with Crippen LogP contribution in [0.25, 0.3) is 11.1 Å². The predicted octanol–water partition coefficient (Wildman–Crippen LogP) is 6.75. The molecule has 2 fully saturated rings. The van der Waals surface area contributed by atoms with Crippen molar-refractivity contribution >= 4 is 0 Å². The SMILES string of the molecule is Fc1cccc(-c2ccc(C3CCCCN3CC3(c4ccccc4)CC3)cc2)c1. The van der Waals surface area contributed by atoms with Gasteiger partial charge in [0.25, 0.3) is 0 Å². The van der Waals surface area contributed by atoms with Gasteiger partial charge >= 0.3 is 0 Å². The Kier molecular flexibility index (Phi) is 4.97. The van der Waals surface area contributed by atoms with E-state index in [-0.39, 0.29) is 5.82 Å². The van der Waals surface area contributed by atoms with Gasteiger partial charge < -0.3 is 0 Å². The number of benzene rings is 3. The highest BCUT2D eigenvalue weighted by Gasteiger charge is 2.46. The number of rotatable bonds is 5. The molecule has 1 saturated carbocycles. The molecule has 2 heteroatoms. The predicted molar refractivity (Wildman–Crippen MR) is 117 cm³/mol. The van der Waals surface area contributed by atoms with Crippen LogP contribution in [0.3, 0.4) is 0 Å². The van der Waals surface area contributed by atoms with Gasteiger partial charge in [-0.3, -0.25) is 4.90 Å². The standard InChI is InChI=1S/C27H28FN/c28-25-10-6-7-23(19-25)21-12-14-22(15-13-21)26-11-4-5-18-29(26)20-27(16-17-27)24-8-2-1-3-9-24/h1-3,6-10,12-15,19,26H,4-5,11,16-18,20H2. The van der Waals surface area contributed by atoms with Crippen molar-refractivity contribution in [2.75, 3.05) is 13.1 Å². The third-order valence-corrected chi connectivity index (χ3v) is 6.81. The van der Waals surface area contributed by atoms with Crippen LogP contribution in [0.15, 0.2) is 78.9 Å². The van der Waals surface area contributed by atoms with Crippen molar-refractivity contribution in [3.63, 3.8) is 0 Å². The van der Waals surface area contributed by atoms with Gasteiger partial charge in [0.05, 0.1) is 0 Å². The van der Waals surface area contributed by atoms with Crippen molar-refractivity contribution < 1.29 is 4.39 Å². The monoisotopic (exact) mass is 385 g/mol. The molecule has 0 N–H and O–H groups in total. The maximum absolute atomic E-state index is 13.6. The number of hydrogen-bond donors (Lipinski definition) is 0. The topological polar surface area (TPSA) is 3.24 Å². The smallest absolute Gasteiger partial charge is 0.123 e. The van der Waals surface area contributed by atoms with Gasteiger partial charge in [-0.1, -0.05) is 73.2 Å². The van der Waals surface area contributed by atoms with Gasteiger partial charge in [-0.15, -0.1) is 0 Å². The largest absolute Gasteiger partial charge is 0.295 e. The van der Waals surface area contributed by atoms with Gasteiger partial charge in [0.1, 0.15) is 5.82 Å². The van der Waals surface area contributed by atoms with Crippen LogP contribution >= 0.6 is 0 Å². The third-order valence-electron chi connectivity index (χ3n) is 6.81. The number of likely N-dealkylation sites (tertiary alicyclic amines) is 1. The number of halogens is 1. The van der Waals surface area contributed by atoms with Gasteiger partial charge in [0.2, 0.25) is 0 Å². The molecule has 1 nitrogen and oxygen atoms in total. The molecule has 0 bridgehead atoms. The van der Waals surface area contributed by atoms with Crippen LogP contribution in [0.4, 0.5) is 4.39 Å². The van der Waals surface area contributed by atoms with Gasteiger partial charge in [-0.2, -0.15) is 0 Å². The number of nitrogens with zero attached hydrogens (tertiary/aromatic N) is 1. The Morgan fingerprint density at radius 3 is 2.34 bits per heavy atom. The van der Waals surface area contributed by atoms with E-state index in [4.69, 9.17) is 0 Å². The van der Waals surface area contributed by atoms with Crippen LogP contribution in [0.2, 0.25) is 0 Å². The van der Waals surface area contributed by atoms with E-state index in [2.05, 4.69) is 59.5 Å². The average molecular weight is 386 g/mol. The molecule has 29 heavy (non-hydrogen) atoms. The van der Waals surface area contributed by atoms with Crippen LogP contribution in [-0.2, 0) is 5.41 Å². The summed E-state index contributed by atoms with van der Waals surface area (Å²) in [6, 6.07) is 27.2. The lowest BCUT2D eigenvalue weighted by atomic mass is 9.90. The maximum atomic E-state index is 13.6. The van der Waals surface area contributed by atoms with E-state index in [0.717, 1.165) is 17.7 Å². The second-order valence-electron chi connectivity index (χ2n) is 8.76. The lowest BCUT2D eigenvalue weighted by Gasteiger charge is -2.38. The van der Waals surface area contributed by atoms with E-state index in [1.54, 1.807) is 12.1 Å². The quantitative estimate of drug-likeness (QED) is 0.469. The molecule has 0 aromatic heterocycles. The minimum Gasteiger partial charge on any atom is -0.295 e. The zero-order valence-corrected chi connectivity index (χ0v) is 16.9. The number of piperidine rings is 1. The molecule has 0 spiro atoms. The van der Waals surface area contributed by atoms with Crippen LogP contribution in [0, 0.1) is 5.82 Å². The zero-order valence-electron chi connectivity index (χ0n) is 16.9. The molecule has 0 amide bonds. The van der Waals surface area contributed by atoms with E-state index in [9.17, 15) is 4.39 Å². The summed E-state index contributed by atoms with van der Waals surface area (Å²) >= 11 is 0. The highest BCUT2D eigenvalue weighted by molar-refractivity contribution is 5.63. The van der Waals surface area contributed by atoms with Crippen molar-refractivity contribution in [1.29, 1.82) is 0 Å². The number of hydrogen-bond acceptors (Lipinski definition) is 1. The molecular formula is C27H28FN. The molecule has 148 valence electrons. The fraction of sp³-hybridized carbons (Fsp3) is 0.333. The first-order valence-electron chi connectivity index (χ1n) is 10.9. The Hall–Kier alpha value is -2.45. The molecule has 1 aliphatic carbocycles. The minimum absolute atomic E-state index is 0.180. The van der Waals surface area contributed by atoms with Crippen molar-refractivity contribution in [3.8, 4) is 11.1 Å². The minimum atomic E-state index is -0.180. The second-order valence-corrected chi connectivity index (χ2v) is 8.76. The van der Waals surface area contributed by atoms with Crippen molar-refractivity contribution in [2.45, 2.75) is 43.6 Å². The summed E-state index contributed by atoms with van der Waals surface area (Å²) in [5.41, 5.74) is 5.29. The molecule has 1 atom stereocenters. The molecular weight excluding hydrogens is 357 g/mol. The van der Waals surface area contributed by atoms with E-state index < -0.39 is 0 Å². The Morgan fingerprint density at radius 2 is 1.62 bits per heavy atom. The van der Waals surface area contributed by atoms with Crippen molar-refractivity contribution in [3.05, 3.63) is 95.8 Å². The van der Waals surface area contributed by atoms with E-state index in [0.29, 0.717) is 11.5 Å². The first-order valence-corrected chi connectivity index (χ1v) is 10.9. The van der Waals surface area contributed by atoms with Gasteiger partial charge in [0, 0.05) is 18.0 Å². The molecule has 1 unspecified atom stereocenters. The lowest BCUT2D eigenvalue weighted by Crippen LogP contribution is -2.39. The van der Waals surface area contributed by atoms with Gasteiger partial charge in [0.15, 0.2) is 0 Å². The summed E-state index contributed by atoms with van der Waals surface area (Å²) < 4.78 is 13.6. The first kappa shape index (κ1) is 18.6. The Labute approximate surface area is 173 Å².